The fourth-order valence-electron chi connectivity index (χ4n) is 4.25. The van der Waals surface area contributed by atoms with Gasteiger partial charge in [0.05, 0.1) is 4.90 Å². The molecule has 1 saturated heterocycles. The van der Waals surface area contributed by atoms with Crippen LogP contribution in [-0.4, -0.2) is 51.9 Å². The standard InChI is InChI=1S/C21H30BrN3O3S/c1-15-5-10-24(11-6-15)9-2-8-23-29(27,28)20-14-19-17(13-18(20)22)7-12-25(19)21(26)16-3-4-16/h13-16,23H,2-12H2,1H3. The predicted octanol–water partition coefficient (Wildman–Crippen LogP) is 3.15. The maximum absolute atomic E-state index is 12.9. The van der Waals surface area contributed by atoms with E-state index in [-0.39, 0.29) is 16.7 Å². The molecular weight excluding hydrogens is 454 g/mol. The summed E-state index contributed by atoms with van der Waals surface area (Å²) >= 11 is 3.43. The molecule has 1 amide bonds. The SMILES string of the molecule is CC1CCN(CCCNS(=O)(=O)c2cc3c(cc2Br)CCN3C(=O)C2CC2)CC1. The van der Waals surface area contributed by atoms with E-state index in [0.29, 0.717) is 17.6 Å². The number of hydrogen-bond donors (Lipinski definition) is 1. The summed E-state index contributed by atoms with van der Waals surface area (Å²) in [6.07, 6.45) is 5.92. The quantitative estimate of drug-likeness (QED) is 0.604. The van der Waals surface area contributed by atoms with Crippen LogP contribution in [0.4, 0.5) is 5.69 Å². The molecule has 1 aromatic carbocycles. The zero-order valence-corrected chi connectivity index (χ0v) is 19.4. The van der Waals surface area contributed by atoms with E-state index in [0.717, 1.165) is 62.5 Å². The molecule has 160 valence electrons. The number of likely N-dealkylation sites (tertiary alicyclic amines) is 1. The Morgan fingerprint density at radius 1 is 1.17 bits per heavy atom. The second-order valence-corrected chi connectivity index (χ2v) is 11.3. The third kappa shape index (κ3) is 4.86. The third-order valence-electron chi connectivity index (χ3n) is 6.33. The molecule has 29 heavy (non-hydrogen) atoms. The second-order valence-electron chi connectivity index (χ2n) is 8.70. The number of nitrogens with one attached hydrogen (secondary N) is 1. The van der Waals surface area contributed by atoms with Crippen molar-refractivity contribution in [2.75, 3.05) is 37.6 Å². The summed E-state index contributed by atoms with van der Waals surface area (Å²) in [4.78, 5) is 17.0. The predicted molar refractivity (Wildman–Crippen MR) is 118 cm³/mol. The lowest BCUT2D eigenvalue weighted by atomic mass is 9.99. The Hall–Kier alpha value is -0.960. The number of halogens is 1. The Kier molecular flexibility index (Phi) is 6.35. The van der Waals surface area contributed by atoms with Gasteiger partial charge in [0.1, 0.15) is 0 Å². The summed E-state index contributed by atoms with van der Waals surface area (Å²) in [7, 11) is -3.63. The molecule has 0 spiro atoms. The van der Waals surface area contributed by atoms with E-state index < -0.39 is 10.0 Å². The Morgan fingerprint density at radius 3 is 2.59 bits per heavy atom. The van der Waals surface area contributed by atoms with Crippen molar-refractivity contribution >= 4 is 37.5 Å². The minimum atomic E-state index is -3.63. The molecule has 0 atom stereocenters. The average Bonchev–Trinajstić information content (AvgIpc) is 3.46. The Bertz CT molecular complexity index is 877. The third-order valence-corrected chi connectivity index (χ3v) is 8.75. The maximum Gasteiger partial charge on any atom is 0.241 e. The monoisotopic (exact) mass is 483 g/mol. The van der Waals surface area contributed by atoms with Gasteiger partial charge in [0, 0.05) is 29.2 Å². The molecule has 2 aliphatic heterocycles. The summed E-state index contributed by atoms with van der Waals surface area (Å²) in [5.74, 6) is 1.06. The van der Waals surface area contributed by atoms with Crippen LogP contribution >= 0.6 is 15.9 Å². The molecule has 2 fully saturated rings. The van der Waals surface area contributed by atoms with Gasteiger partial charge in [-0.3, -0.25) is 4.79 Å². The van der Waals surface area contributed by atoms with E-state index in [2.05, 4.69) is 32.5 Å². The van der Waals surface area contributed by atoms with Crippen molar-refractivity contribution in [2.24, 2.45) is 11.8 Å². The molecule has 8 heteroatoms. The summed E-state index contributed by atoms with van der Waals surface area (Å²) in [6.45, 7) is 6.49. The minimum Gasteiger partial charge on any atom is -0.312 e. The molecule has 6 nitrogen and oxygen atoms in total. The van der Waals surface area contributed by atoms with Crippen LogP contribution in [-0.2, 0) is 21.2 Å². The molecule has 1 aliphatic carbocycles. The number of carbonyl (C=O) groups is 1. The van der Waals surface area contributed by atoms with E-state index in [9.17, 15) is 13.2 Å². The number of hydrogen-bond acceptors (Lipinski definition) is 4. The van der Waals surface area contributed by atoms with Crippen LogP contribution in [0.3, 0.4) is 0 Å². The fourth-order valence-corrected chi connectivity index (χ4v) is 6.43. The highest BCUT2D eigenvalue weighted by molar-refractivity contribution is 9.10. The molecular formula is C21H30BrN3O3S. The van der Waals surface area contributed by atoms with Gasteiger partial charge in [-0.2, -0.15) is 0 Å². The molecule has 1 aromatic rings. The molecule has 1 saturated carbocycles. The van der Waals surface area contributed by atoms with E-state index in [4.69, 9.17) is 0 Å². The van der Waals surface area contributed by atoms with Crippen LogP contribution in [0.2, 0.25) is 0 Å². The van der Waals surface area contributed by atoms with Crippen LogP contribution in [0.25, 0.3) is 0 Å². The number of piperidine rings is 1. The highest BCUT2D eigenvalue weighted by Gasteiger charge is 2.37. The summed E-state index contributed by atoms with van der Waals surface area (Å²) in [5, 5.41) is 0. The molecule has 0 aromatic heterocycles. The van der Waals surface area contributed by atoms with Crippen LogP contribution in [0.1, 0.15) is 44.6 Å². The van der Waals surface area contributed by atoms with Crippen molar-refractivity contribution in [2.45, 2.75) is 50.3 Å². The lowest BCUT2D eigenvalue weighted by Gasteiger charge is -2.30. The number of sulfonamides is 1. The number of anilines is 1. The van der Waals surface area contributed by atoms with Crippen LogP contribution in [0.5, 0.6) is 0 Å². The molecule has 0 radical (unpaired) electrons. The fraction of sp³-hybridized carbons (Fsp3) is 0.667. The minimum absolute atomic E-state index is 0.126. The first-order valence-corrected chi connectivity index (χ1v) is 13.0. The van der Waals surface area contributed by atoms with Gasteiger partial charge >= 0.3 is 0 Å². The van der Waals surface area contributed by atoms with Gasteiger partial charge in [-0.15, -0.1) is 0 Å². The van der Waals surface area contributed by atoms with E-state index in [1.807, 2.05) is 6.07 Å². The lowest BCUT2D eigenvalue weighted by molar-refractivity contribution is -0.119. The largest absolute Gasteiger partial charge is 0.312 e. The second kappa shape index (κ2) is 8.65. The van der Waals surface area contributed by atoms with Gasteiger partial charge in [0.2, 0.25) is 15.9 Å². The van der Waals surface area contributed by atoms with Crippen molar-refractivity contribution in [1.29, 1.82) is 0 Å². The first-order chi connectivity index (χ1) is 13.8. The number of nitrogens with zero attached hydrogens (tertiary/aromatic N) is 2. The molecule has 1 N–H and O–H groups in total. The summed E-state index contributed by atoms with van der Waals surface area (Å²) in [5.41, 5.74) is 1.79. The molecule has 0 bridgehead atoms. The van der Waals surface area contributed by atoms with Gasteiger partial charge in [-0.05, 0) is 97.7 Å². The van der Waals surface area contributed by atoms with Gasteiger partial charge < -0.3 is 9.80 Å². The van der Waals surface area contributed by atoms with E-state index in [1.165, 1.54) is 12.8 Å². The number of fused-ring (bicyclic) bond motifs is 1. The van der Waals surface area contributed by atoms with Gasteiger partial charge in [0.25, 0.3) is 0 Å². The van der Waals surface area contributed by atoms with Crippen molar-refractivity contribution in [3.05, 3.63) is 22.2 Å². The van der Waals surface area contributed by atoms with Crippen LogP contribution in [0.15, 0.2) is 21.5 Å². The molecule has 4 rings (SSSR count). The van der Waals surface area contributed by atoms with Crippen LogP contribution < -0.4 is 9.62 Å². The molecule has 2 heterocycles. The van der Waals surface area contributed by atoms with Gasteiger partial charge in [-0.1, -0.05) is 6.92 Å². The Labute approximate surface area is 182 Å². The smallest absolute Gasteiger partial charge is 0.241 e. The number of carbonyl (C=O) groups excluding carboxylic acids is 1. The molecule has 0 unspecified atom stereocenters. The first kappa shape index (κ1) is 21.3. The first-order valence-electron chi connectivity index (χ1n) is 10.7. The van der Waals surface area contributed by atoms with Gasteiger partial charge in [0.15, 0.2) is 0 Å². The Balaban J connectivity index is 1.39. The normalized spacial score (nSPS) is 20.8. The Morgan fingerprint density at radius 2 is 1.90 bits per heavy atom. The topological polar surface area (TPSA) is 69.7 Å². The number of amides is 1. The van der Waals surface area contributed by atoms with Crippen molar-refractivity contribution in [1.82, 2.24) is 9.62 Å². The van der Waals surface area contributed by atoms with E-state index in [1.54, 1.807) is 11.0 Å². The van der Waals surface area contributed by atoms with E-state index >= 15 is 0 Å². The maximum atomic E-state index is 12.9. The van der Waals surface area contributed by atoms with Crippen molar-refractivity contribution < 1.29 is 13.2 Å². The van der Waals surface area contributed by atoms with Crippen LogP contribution in [0, 0.1) is 11.8 Å². The average molecular weight is 484 g/mol. The highest BCUT2D eigenvalue weighted by atomic mass is 79.9. The lowest BCUT2D eigenvalue weighted by Crippen LogP contribution is -2.35. The highest BCUT2D eigenvalue weighted by Crippen LogP contribution is 2.39. The molecule has 3 aliphatic rings. The van der Waals surface area contributed by atoms with Crippen molar-refractivity contribution in [3.8, 4) is 0 Å². The number of benzene rings is 1. The zero-order chi connectivity index (χ0) is 20.6. The number of rotatable bonds is 7. The van der Waals surface area contributed by atoms with Crippen molar-refractivity contribution in [3.63, 3.8) is 0 Å². The zero-order valence-electron chi connectivity index (χ0n) is 17.0. The summed E-state index contributed by atoms with van der Waals surface area (Å²) < 4.78 is 29.1. The summed E-state index contributed by atoms with van der Waals surface area (Å²) in [6, 6.07) is 3.53. The van der Waals surface area contributed by atoms with Gasteiger partial charge in [-0.25, -0.2) is 13.1 Å².